The van der Waals surface area contributed by atoms with Crippen molar-refractivity contribution in [3.63, 3.8) is 0 Å². The number of nitrogens with zero attached hydrogens (tertiary/aromatic N) is 6. The van der Waals surface area contributed by atoms with Crippen molar-refractivity contribution in [2.75, 3.05) is 38.7 Å². The maximum Gasteiger partial charge on any atom is 0.295 e. The number of hydroxylamine groups is 2. The second-order valence-electron chi connectivity index (χ2n) is 15.3. The summed E-state index contributed by atoms with van der Waals surface area (Å²) >= 11 is 3.25. The van der Waals surface area contributed by atoms with Crippen molar-refractivity contribution in [1.82, 2.24) is 30.1 Å². The molecule has 13 heteroatoms. The minimum atomic E-state index is -3.13. The zero-order chi connectivity index (χ0) is 42.8. The van der Waals surface area contributed by atoms with E-state index in [1.54, 1.807) is 24.4 Å². The smallest absolute Gasteiger partial charge is 0.295 e. The Kier molecular flexibility index (Phi) is 11.6. The van der Waals surface area contributed by atoms with Crippen molar-refractivity contribution in [3.05, 3.63) is 178 Å². The molecular formula is C48H44BrF2N7O3. The van der Waals surface area contributed by atoms with Gasteiger partial charge in [-0.25, -0.2) is 9.75 Å². The third kappa shape index (κ3) is 7.84. The Labute approximate surface area is 361 Å². The van der Waals surface area contributed by atoms with Crippen LogP contribution in [0.3, 0.4) is 0 Å². The van der Waals surface area contributed by atoms with Gasteiger partial charge in [0.1, 0.15) is 22.6 Å². The molecule has 1 atom stereocenters. The van der Waals surface area contributed by atoms with Crippen molar-refractivity contribution in [1.29, 1.82) is 0 Å². The van der Waals surface area contributed by atoms with Crippen molar-refractivity contribution in [2.45, 2.75) is 31.2 Å². The molecule has 0 radical (unpaired) electrons. The molecular weight excluding hydrogens is 840 g/mol. The quantitative estimate of drug-likeness (QED) is 0.114. The number of hydrogen-bond donors (Lipinski definition) is 1. The van der Waals surface area contributed by atoms with Gasteiger partial charge in [0.15, 0.2) is 0 Å². The minimum absolute atomic E-state index is 0.129. The fourth-order valence-corrected chi connectivity index (χ4v) is 8.77. The van der Waals surface area contributed by atoms with Crippen LogP contribution in [0.15, 0.2) is 150 Å². The lowest BCUT2D eigenvalue weighted by Gasteiger charge is -2.37. The predicted molar refractivity (Wildman–Crippen MR) is 235 cm³/mol. The van der Waals surface area contributed by atoms with E-state index in [1.165, 1.54) is 26.4 Å². The highest BCUT2D eigenvalue weighted by Crippen LogP contribution is 2.46. The molecule has 310 valence electrons. The van der Waals surface area contributed by atoms with Gasteiger partial charge in [-0.3, -0.25) is 24.4 Å². The van der Waals surface area contributed by atoms with E-state index in [2.05, 4.69) is 67.6 Å². The summed E-state index contributed by atoms with van der Waals surface area (Å²) < 4.78 is 32.1. The highest BCUT2D eigenvalue weighted by molar-refractivity contribution is 9.10. The van der Waals surface area contributed by atoms with Crippen molar-refractivity contribution >= 4 is 44.3 Å². The molecule has 4 aromatic carbocycles. The van der Waals surface area contributed by atoms with Crippen LogP contribution in [0.1, 0.15) is 52.6 Å². The van der Waals surface area contributed by atoms with Gasteiger partial charge in [0, 0.05) is 60.6 Å². The van der Waals surface area contributed by atoms with Crippen molar-refractivity contribution in [2.24, 2.45) is 5.41 Å². The topological polar surface area (TPSA) is 105 Å². The van der Waals surface area contributed by atoms with Crippen LogP contribution < -0.4 is 10.2 Å². The maximum atomic E-state index is 14.6. The number of carbonyl (C=O) groups excluding carboxylic acids is 2. The lowest BCUT2D eigenvalue weighted by atomic mass is 9.77. The molecule has 0 unspecified atom stereocenters. The van der Waals surface area contributed by atoms with Gasteiger partial charge in [-0.05, 0) is 78.5 Å². The molecule has 2 aliphatic heterocycles. The molecule has 0 aliphatic carbocycles. The highest BCUT2D eigenvalue weighted by Gasteiger charge is 2.49. The molecule has 1 N–H and O–H groups in total. The van der Waals surface area contributed by atoms with Gasteiger partial charge in [-0.1, -0.05) is 107 Å². The number of anilines is 1. The first kappa shape index (κ1) is 41.6. The molecule has 9 rings (SSSR count). The number of nitrogens with one attached hydrogen (secondary N) is 1. The number of pyridine rings is 2. The summed E-state index contributed by atoms with van der Waals surface area (Å²) in [4.78, 5) is 39.8. The zero-order valence-corrected chi connectivity index (χ0v) is 35.5. The summed E-state index contributed by atoms with van der Waals surface area (Å²) in [5.74, 6) is -3.28. The van der Waals surface area contributed by atoms with Crippen LogP contribution in [0.2, 0.25) is 0 Å². The molecule has 2 fully saturated rings. The molecule has 2 saturated heterocycles. The SMILES string of the molecule is CC(F)(F)c1cc(-c2nn(C(c3ccccc3)(c3ccccc3)c3ccccc3)c3ccc(N4CC[C@]5(CCNC5)C4=O)cc23)ccn1.CON(C)C(=O)c1cc(Br)ccn1. The summed E-state index contributed by atoms with van der Waals surface area (Å²) in [5.41, 5.74) is 4.31. The van der Waals surface area contributed by atoms with Gasteiger partial charge in [0.05, 0.1) is 18.0 Å². The minimum Gasteiger partial charge on any atom is -0.316 e. The Hall–Kier alpha value is -6.15. The number of halogens is 3. The van der Waals surface area contributed by atoms with E-state index in [0.717, 1.165) is 69.1 Å². The number of hydrogen-bond acceptors (Lipinski definition) is 7. The summed E-state index contributed by atoms with van der Waals surface area (Å²) in [6, 6.07) is 43.2. The zero-order valence-electron chi connectivity index (χ0n) is 33.9. The van der Waals surface area contributed by atoms with E-state index in [9.17, 15) is 18.4 Å². The van der Waals surface area contributed by atoms with E-state index in [1.807, 2.05) is 82.4 Å². The lowest BCUT2D eigenvalue weighted by molar-refractivity contribution is -0.124. The molecule has 0 bridgehead atoms. The van der Waals surface area contributed by atoms with Crippen LogP contribution in [-0.2, 0) is 21.1 Å². The molecule has 1 spiro atoms. The Balaban J connectivity index is 0.000000340. The van der Waals surface area contributed by atoms with Gasteiger partial charge in [-0.15, -0.1) is 0 Å². The number of fused-ring (bicyclic) bond motifs is 1. The predicted octanol–water partition coefficient (Wildman–Crippen LogP) is 9.24. The van der Waals surface area contributed by atoms with Crippen LogP contribution in [0.4, 0.5) is 14.5 Å². The molecule has 0 saturated carbocycles. The summed E-state index contributed by atoms with van der Waals surface area (Å²) in [6.07, 6.45) is 4.59. The molecule has 2 amide bonds. The van der Waals surface area contributed by atoms with Crippen LogP contribution in [-0.4, -0.2) is 70.4 Å². The highest BCUT2D eigenvalue weighted by atomic mass is 79.9. The van der Waals surface area contributed by atoms with Gasteiger partial charge in [-0.2, -0.15) is 13.9 Å². The molecule has 61 heavy (non-hydrogen) atoms. The number of alkyl halides is 2. The maximum absolute atomic E-state index is 14.6. The van der Waals surface area contributed by atoms with Crippen LogP contribution in [0.5, 0.6) is 0 Å². The summed E-state index contributed by atoms with van der Waals surface area (Å²) in [6.45, 7) is 3.00. The van der Waals surface area contributed by atoms with Gasteiger partial charge in [0.2, 0.25) is 5.91 Å². The van der Waals surface area contributed by atoms with Gasteiger partial charge >= 0.3 is 0 Å². The van der Waals surface area contributed by atoms with E-state index in [4.69, 9.17) is 9.94 Å². The Bertz CT molecular complexity index is 2570. The first-order chi connectivity index (χ1) is 29.5. The summed E-state index contributed by atoms with van der Waals surface area (Å²) in [5, 5.41) is 10.6. The first-order valence-electron chi connectivity index (χ1n) is 20.0. The molecule has 7 aromatic rings. The Morgan fingerprint density at radius 1 is 0.836 bits per heavy atom. The number of aromatic nitrogens is 4. The first-order valence-corrected chi connectivity index (χ1v) is 20.8. The van der Waals surface area contributed by atoms with Gasteiger partial charge < -0.3 is 10.2 Å². The lowest BCUT2D eigenvalue weighted by Crippen LogP contribution is -2.38. The van der Waals surface area contributed by atoms with Crippen LogP contribution in [0, 0.1) is 5.41 Å². The largest absolute Gasteiger partial charge is 0.316 e. The second kappa shape index (κ2) is 17.1. The van der Waals surface area contributed by atoms with E-state index >= 15 is 0 Å². The monoisotopic (exact) mass is 883 g/mol. The second-order valence-corrected chi connectivity index (χ2v) is 16.3. The normalized spacial score (nSPS) is 16.5. The van der Waals surface area contributed by atoms with Gasteiger partial charge in [0.25, 0.3) is 11.8 Å². The van der Waals surface area contributed by atoms with Crippen molar-refractivity contribution in [3.8, 4) is 11.3 Å². The third-order valence-corrected chi connectivity index (χ3v) is 12.1. The third-order valence-electron chi connectivity index (χ3n) is 11.6. The average molecular weight is 885 g/mol. The van der Waals surface area contributed by atoms with E-state index < -0.39 is 11.5 Å². The molecule has 10 nitrogen and oxygen atoms in total. The Morgan fingerprint density at radius 3 is 2.02 bits per heavy atom. The molecule has 2 aliphatic rings. The Morgan fingerprint density at radius 2 is 1.46 bits per heavy atom. The van der Waals surface area contributed by atoms with Crippen molar-refractivity contribution < 1.29 is 23.2 Å². The summed E-state index contributed by atoms with van der Waals surface area (Å²) in [7, 11) is 2.96. The fraction of sp³-hybridized carbons (Fsp3) is 0.229. The number of rotatable bonds is 9. The van der Waals surface area contributed by atoms with E-state index in [0.29, 0.717) is 30.0 Å². The average Bonchev–Trinajstić information content (AvgIpc) is 4.02. The fourth-order valence-electron chi connectivity index (χ4n) is 8.44. The molecule has 5 heterocycles. The number of carbonyl (C=O) groups is 2. The standard InChI is InChI=1S/C40H35F2N5O.C8H9BrN2O2/c1-38(41,42)35-25-28(19-22-44-35)36-33-26-32(46-24-21-39(37(46)48)20-23-43-27-39)17-18-34(33)47(45-36)40(29-11-5-2-6-12-29,30-13-7-3-8-14-30)31-15-9-4-10-16-31;1-11(13-2)8(12)7-5-6(9)3-4-10-7/h2-19,22,25-26,43H,20-21,23-24,27H2,1H3;3-5H,1-2H3/t39-;/m0./s1. The van der Waals surface area contributed by atoms with E-state index in [-0.39, 0.29) is 22.9 Å². The number of amides is 2. The molecule has 3 aromatic heterocycles. The van der Waals surface area contributed by atoms with Crippen LogP contribution in [0.25, 0.3) is 22.2 Å². The number of benzene rings is 4. The van der Waals surface area contributed by atoms with Crippen LogP contribution >= 0.6 is 15.9 Å².